The van der Waals surface area contributed by atoms with E-state index in [2.05, 4.69) is 11.6 Å². The molecule has 0 unspecified atom stereocenters. The lowest BCUT2D eigenvalue weighted by molar-refractivity contribution is -0.00000328. The van der Waals surface area contributed by atoms with Crippen LogP contribution in [0.1, 0.15) is 0 Å². The molecule has 0 nitrogen and oxygen atoms in total. The normalized spacial score (nSPS) is 6.86. The van der Waals surface area contributed by atoms with Crippen molar-refractivity contribution in [2.45, 2.75) is 0 Å². The third-order valence-corrected chi connectivity index (χ3v) is 0.286. The van der Waals surface area contributed by atoms with Crippen molar-refractivity contribution in [3.8, 4) is 0 Å². The minimum absolute atomic E-state index is 0. The lowest BCUT2D eigenvalue weighted by Crippen LogP contribution is -3.00. The molecule has 0 radical (unpaired) electrons. The van der Waals surface area contributed by atoms with Gasteiger partial charge in [0.2, 0.25) is 0 Å². The van der Waals surface area contributed by atoms with Gasteiger partial charge in [-0.15, -0.1) is 0 Å². The van der Waals surface area contributed by atoms with E-state index in [4.69, 9.17) is 0 Å². The van der Waals surface area contributed by atoms with Gasteiger partial charge in [-0.05, 0) is 11.6 Å². The quantitative estimate of drug-likeness (QED) is 0.429. The lowest BCUT2D eigenvalue weighted by Gasteiger charge is -1.70. The molecule has 7 heavy (non-hydrogen) atoms. The fourth-order valence-corrected chi connectivity index (χ4v) is 0. The first kappa shape index (κ1) is 10.2. The van der Waals surface area contributed by atoms with E-state index in [9.17, 15) is 13.2 Å². The molecule has 0 aromatic rings. The fourth-order valence-electron chi connectivity index (χ4n) is 0. The molecule has 0 atom stereocenters. The molecular weight excluding hydrogens is 152 g/mol. The van der Waals surface area contributed by atoms with Crippen LogP contribution in [0, 0.1) is 0 Å². The largest absolute Gasteiger partial charge is 1.00 e. The first-order valence-electron chi connectivity index (χ1n) is 1.01. The van der Waals surface area contributed by atoms with Gasteiger partial charge in [-0.25, -0.2) is 0 Å². The highest BCUT2D eigenvalue weighted by Gasteiger charge is 1.95. The van der Waals surface area contributed by atoms with Crippen LogP contribution in [0.5, 0.6) is 0 Å². The Morgan fingerprint density at radius 1 is 1.14 bits per heavy atom. The molecule has 0 fully saturated rings. The molecule has 0 spiro atoms. The van der Waals surface area contributed by atoms with Crippen molar-refractivity contribution >= 4 is 11.6 Å². The van der Waals surface area contributed by atoms with Crippen molar-refractivity contribution in [1.29, 1.82) is 0 Å². The molecule has 0 saturated heterocycles. The van der Waals surface area contributed by atoms with Gasteiger partial charge in [-0.2, -0.15) is 13.2 Å². The summed E-state index contributed by atoms with van der Waals surface area (Å²) in [5, 5.41) is -1.94. The second kappa shape index (κ2) is 4.27. The van der Waals surface area contributed by atoms with E-state index in [0.717, 1.165) is 0 Å². The molecule has 0 aromatic carbocycles. The topological polar surface area (TPSA) is 0 Å². The van der Waals surface area contributed by atoms with Crippen LogP contribution in [0.2, 0.25) is 0 Å². The lowest BCUT2D eigenvalue weighted by atomic mass is 11.1. The average Bonchev–Trinajstić information content (AvgIpc) is 1.36. The molecule has 0 bridgehead atoms. The van der Waals surface area contributed by atoms with Crippen LogP contribution in [0.4, 0.5) is 13.2 Å². The Kier molecular flexibility index (Phi) is 6.21. The highest BCUT2D eigenvalue weighted by atomic mass is 35.5. The highest BCUT2D eigenvalue weighted by molar-refractivity contribution is 6.28. The molecule has 0 saturated carbocycles. The first-order valence-corrected chi connectivity index (χ1v) is 1.38. The maximum absolute atomic E-state index is 10.7. The summed E-state index contributed by atoms with van der Waals surface area (Å²) in [7, 11) is 0. The van der Waals surface area contributed by atoms with Crippen molar-refractivity contribution in [1.82, 2.24) is 0 Å². The Balaban J connectivity index is 0. The van der Waals surface area contributed by atoms with Gasteiger partial charge in [0, 0.05) is 0 Å². The Labute approximate surface area is 49.4 Å². The maximum atomic E-state index is 10.7. The number of halogens is 5. The van der Waals surface area contributed by atoms with E-state index in [-0.39, 0.29) is 12.4 Å². The first-order chi connectivity index (χ1) is 2.64. The van der Waals surface area contributed by atoms with Crippen LogP contribution < -0.4 is 12.4 Å². The zero-order valence-corrected chi connectivity index (χ0v) is 4.40. The molecule has 0 rings (SSSR count). The molecule has 0 amide bonds. The van der Waals surface area contributed by atoms with Crippen LogP contribution in [-0.4, -0.2) is 0 Å². The fraction of sp³-hybridized carbons (Fsp3) is 0. The summed E-state index contributed by atoms with van der Waals surface area (Å²) in [5.41, 5.74) is 0. The summed E-state index contributed by atoms with van der Waals surface area (Å²) < 4.78 is 31.8. The minimum atomic E-state index is -2.48. The molecule has 0 N–H and O–H groups in total. The summed E-state index contributed by atoms with van der Waals surface area (Å²) in [6.07, 6.45) is -2.48. The van der Waals surface area contributed by atoms with Crippen molar-refractivity contribution in [2.75, 3.05) is 0 Å². The second-order valence-electron chi connectivity index (χ2n) is 0.521. The van der Waals surface area contributed by atoms with Gasteiger partial charge in [-0.1, -0.05) is 0 Å². The standard InChI is InChI=1S/C2ClF3.ClH/c3-1(4)2(5)6;/h;1H/p-1. The molecular formula is C2Cl2F3-. The summed E-state index contributed by atoms with van der Waals surface area (Å²) in [5.74, 6) is 0. The Morgan fingerprint density at radius 2 is 1.29 bits per heavy atom. The van der Waals surface area contributed by atoms with Gasteiger partial charge in [-0.3, -0.25) is 0 Å². The van der Waals surface area contributed by atoms with Crippen molar-refractivity contribution in [2.24, 2.45) is 0 Å². The number of hydrogen-bond donors (Lipinski definition) is 0. The molecule has 0 aromatic heterocycles. The summed E-state index contributed by atoms with van der Waals surface area (Å²) >= 11 is 4.08. The molecule has 44 valence electrons. The molecule has 0 aliphatic carbocycles. The van der Waals surface area contributed by atoms with Crippen molar-refractivity contribution in [3.05, 3.63) is 11.4 Å². The van der Waals surface area contributed by atoms with Gasteiger partial charge in [0.1, 0.15) is 0 Å². The van der Waals surface area contributed by atoms with Gasteiger partial charge in [0.25, 0.3) is 5.29 Å². The summed E-state index contributed by atoms with van der Waals surface area (Å²) in [4.78, 5) is 0. The summed E-state index contributed by atoms with van der Waals surface area (Å²) in [6, 6.07) is 0. The molecule has 0 heterocycles. The summed E-state index contributed by atoms with van der Waals surface area (Å²) in [6.45, 7) is 0. The average molecular weight is 152 g/mol. The molecule has 5 heteroatoms. The van der Waals surface area contributed by atoms with E-state index in [1.54, 1.807) is 0 Å². The Hall–Kier alpha value is 0.110. The van der Waals surface area contributed by atoms with Crippen LogP contribution in [0.25, 0.3) is 0 Å². The zero-order chi connectivity index (χ0) is 5.15. The highest BCUT2D eigenvalue weighted by Crippen LogP contribution is 2.11. The molecule has 0 aliphatic heterocycles. The van der Waals surface area contributed by atoms with Crippen LogP contribution in [0.3, 0.4) is 0 Å². The van der Waals surface area contributed by atoms with Crippen LogP contribution in [0.15, 0.2) is 11.4 Å². The van der Waals surface area contributed by atoms with E-state index < -0.39 is 11.4 Å². The monoisotopic (exact) mass is 151 g/mol. The Morgan fingerprint density at radius 3 is 1.29 bits per heavy atom. The van der Waals surface area contributed by atoms with E-state index in [0.29, 0.717) is 0 Å². The van der Waals surface area contributed by atoms with E-state index in [1.807, 2.05) is 0 Å². The second-order valence-corrected chi connectivity index (χ2v) is 0.853. The SMILES string of the molecule is FC(F)=C(F)Cl.[Cl-]. The molecule has 0 aliphatic rings. The van der Waals surface area contributed by atoms with Crippen LogP contribution in [-0.2, 0) is 0 Å². The van der Waals surface area contributed by atoms with E-state index >= 15 is 0 Å². The number of rotatable bonds is 0. The predicted molar refractivity (Wildman–Crippen MR) is 16.2 cm³/mol. The van der Waals surface area contributed by atoms with Gasteiger partial charge >= 0.3 is 6.08 Å². The zero-order valence-electron chi connectivity index (χ0n) is 2.89. The van der Waals surface area contributed by atoms with Gasteiger partial charge < -0.3 is 12.4 Å². The van der Waals surface area contributed by atoms with Crippen LogP contribution >= 0.6 is 11.6 Å². The third kappa shape index (κ3) is 6.11. The minimum Gasteiger partial charge on any atom is -1.00 e. The van der Waals surface area contributed by atoms with Gasteiger partial charge in [0.05, 0.1) is 0 Å². The predicted octanol–water partition coefficient (Wildman–Crippen LogP) is -0.736. The van der Waals surface area contributed by atoms with Crippen molar-refractivity contribution in [3.63, 3.8) is 0 Å². The maximum Gasteiger partial charge on any atom is 0.317 e. The van der Waals surface area contributed by atoms with Gasteiger partial charge in [0.15, 0.2) is 0 Å². The van der Waals surface area contributed by atoms with E-state index in [1.165, 1.54) is 0 Å². The number of hydrogen-bond acceptors (Lipinski definition) is 0. The smallest absolute Gasteiger partial charge is 0.317 e. The van der Waals surface area contributed by atoms with Crippen molar-refractivity contribution < 1.29 is 25.6 Å². The Bertz CT molecular complexity index is 61.0. The third-order valence-electron chi connectivity index (χ3n) is 0.143.